The van der Waals surface area contributed by atoms with E-state index in [0.717, 1.165) is 16.4 Å². The van der Waals surface area contributed by atoms with E-state index in [1.165, 1.54) is 24.0 Å². The Morgan fingerprint density at radius 1 is 1.26 bits per heavy atom. The third kappa shape index (κ3) is 6.90. The molecule has 1 atom stereocenters. The van der Waals surface area contributed by atoms with Gasteiger partial charge in [-0.25, -0.2) is 14.2 Å². The van der Waals surface area contributed by atoms with Gasteiger partial charge >= 0.3 is 16.3 Å². The normalized spacial score (nSPS) is 18.0. The molecule has 252 valence electrons. The molecule has 0 saturated carbocycles. The highest BCUT2D eigenvalue weighted by Crippen LogP contribution is 2.41. The number of nitrogens with zero attached hydrogens (tertiary/aromatic N) is 5. The van der Waals surface area contributed by atoms with Crippen molar-refractivity contribution in [3.8, 4) is 17.6 Å². The van der Waals surface area contributed by atoms with E-state index in [1.807, 2.05) is 26.8 Å². The van der Waals surface area contributed by atoms with E-state index in [1.54, 1.807) is 24.8 Å². The minimum atomic E-state index is -4.01. The summed E-state index contributed by atoms with van der Waals surface area (Å²) in [6.45, 7) is 10.2. The first-order valence-corrected chi connectivity index (χ1v) is 16.8. The lowest BCUT2D eigenvalue weighted by molar-refractivity contribution is -0.0486. The van der Waals surface area contributed by atoms with Crippen LogP contribution in [0.25, 0.3) is 10.9 Å². The van der Waals surface area contributed by atoms with Crippen molar-refractivity contribution in [2.24, 2.45) is 0 Å². The average Bonchev–Trinajstić information content (AvgIpc) is 3.41. The number of piperidine rings is 1. The molecule has 1 aromatic heterocycles. The number of benzene rings is 2. The van der Waals surface area contributed by atoms with Gasteiger partial charge in [-0.2, -0.15) is 18.0 Å². The van der Waals surface area contributed by atoms with Crippen LogP contribution in [0.5, 0.6) is 11.5 Å². The van der Waals surface area contributed by atoms with Crippen LogP contribution in [-0.4, -0.2) is 77.8 Å². The first kappa shape index (κ1) is 34.1. The highest BCUT2D eigenvalue weighted by molar-refractivity contribution is 7.90. The van der Waals surface area contributed by atoms with Crippen molar-refractivity contribution in [3.05, 3.63) is 57.9 Å². The summed E-state index contributed by atoms with van der Waals surface area (Å²) in [5.74, 6) is -1.27. The molecule has 2 aliphatic heterocycles. The van der Waals surface area contributed by atoms with Crippen LogP contribution >= 0.6 is 0 Å². The van der Waals surface area contributed by atoms with Gasteiger partial charge in [-0.15, -0.1) is 0 Å². The summed E-state index contributed by atoms with van der Waals surface area (Å²) in [6, 6.07) is 6.76. The molecule has 0 radical (unpaired) electrons. The number of likely N-dealkylation sites (tertiary alicyclic amines) is 1. The predicted molar refractivity (Wildman–Crippen MR) is 172 cm³/mol. The van der Waals surface area contributed by atoms with Crippen molar-refractivity contribution in [1.82, 2.24) is 18.8 Å². The number of nitrogens with one attached hydrogen (secondary N) is 1. The number of anilines is 1. The van der Waals surface area contributed by atoms with Gasteiger partial charge in [0.1, 0.15) is 23.0 Å². The lowest BCUT2D eigenvalue weighted by Gasteiger charge is -2.39. The zero-order valence-electron chi connectivity index (χ0n) is 27.3. The largest absolute Gasteiger partial charge is 0.452 e. The number of aromatic nitrogens is 2. The van der Waals surface area contributed by atoms with E-state index in [-0.39, 0.29) is 46.6 Å². The van der Waals surface area contributed by atoms with Crippen molar-refractivity contribution >= 4 is 32.9 Å². The van der Waals surface area contributed by atoms with Crippen LogP contribution in [0.3, 0.4) is 0 Å². The summed E-state index contributed by atoms with van der Waals surface area (Å²) in [4.78, 5) is 32.6. The average molecular weight is 671 g/mol. The molecule has 47 heavy (non-hydrogen) atoms. The van der Waals surface area contributed by atoms with Crippen LogP contribution in [0.4, 0.5) is 14.9 Å². The molecule has 13 nitrogen and oxygen atoms in total. The van der Waals surface area contributed by atoms with Crippen LogP contribution in [0.2, 0.25) is 0 Å². The Morgan fingerprint density at radius 3 is 2.60 bits per heavy atom. The van der Waals surface area contributed by atoms with Crippen LogP contribution in [0.1, 0.15) is 64.1 Å². The van der Waals surface area contributed by atoms with Crippen molar-refractivity contribution < 1.29 is 31.8 Å². The molecule has 2 aliphatic rings. The second-order valence-electron chi connectivity index (χ2n) is 12.9. The maximum atomic E-state index is 15.1. The first-order valence-electron chi connectivity index (χ1n) is 15.3. The van der Waals surface area contributed by atoms with Gasteiger partial charge in [0.05, 0.1) is 41.2 Å². The van der Waals surface area contributed by atoms with Crippen LogP contribution < -0.4 is 15.0 Å². The molecule has 2 aromatic carbocycles. The topological polar surface area (TPSA) is 156 Å². The summed E-state index contributed by atoms with van der Waals surface area (Å²) >= 11 is 0. The second-order valence-corrected chi connectivity index (χ2v) is 14.7. The van der Waals surface area contributed by atoms with Crippen molar-refractivity contribution in [3.63, 3.8) is 0 Å². The van der Waals surface area contributed by atoms with Crippen molar-refractivity contribution in [2.75, 3.05) is 38.0 Å². The zero-order chi connectivity index (χ0) is 34.3. The maximum Gasteiger partial charge on any atom is 0.410 e. The van der Waals surface area contributed by atoms with Crippen molar-refractivity contribution in [1.29, 1.82) is 5.26 Å². The molecule has 0 aliphatic carbocycles. The minimum Gasteiger partial charge on any atom is -0.452 e. The fraction of sp³-hybridized carbons (Fsp3) is 0.500. The van der Waals surface area contributed by atoms with Gasteiger partial charge in [0.25, 0.3) is 5.56 Å². The number of hydrogen-bond acceptors (Lipinski definition) is 9. The number of fused-ring (bicyclic) bond motifs is 1. The van der Waals surface area contributed by atoms with Gasteiger partial charge in [-0.1, -0.05) is 6.92 Å². The molecule has 0 bridgehead atoms. The van der Waals surface area contributed by atoms with Crippen LogP contribution in [-0.2, 0) is 19.7 Å². The quantitative estimate of drug-likeness (QED) is 0.371. The first-order chi connectivity index (χ1) is 22.1. The Morgan fingerprint density at radius 2 is 1.96 bits per heavy atom. The molecule has 1 N–H and O–H groups in total. The molecule has 3 heterocycles. The summed E-state index contributed by atoms with van der Waals surface area (Å²) in [6.07, 6.45) is 2.90. The van der Waals surface area contributed by atoms with Crippen LogP contribution in [0, 0.1) is 24.1 Å². The number of hydrogen-bond donors (Lipinski definition) is 1. The molecule has 15 heteroatoms. The van der Waals surface area contributed by atoms with E-state index in [4.69, 9.17) is 14.2 Å². The predicted octanol–water partition coefficient (Wildman–Crippen LogP) is 4.85. The molecule has 1 amide bonds. The Hall–Kier alpha value is -4.26. The Labute approximate surface area is 273 Å². The molecule has 2 fully saturated rings. The summed E-state index contributed by atoms with van der Waals surface area (Å²) < 4.78 is 62.9. The fourth-order valence-electron chi connectivity index (χ4n) is 5.85. The number of amides is 1. The standard InChI is InChI=1S/C32H39FN6O7S/c1-7-37(6)47(42,43)36-24-9-8-23(33)28(22(24)17-34)45-26-11-10-25-27(20(26)2)29(40)39(19-35-25)21-16-32(44-18-21)12-14-38(15-13-32)30(41)46-31(3,4)5/h8-11,19,21,36H,7,12-16,18H2,1-6H3/t21-/m1/s1. The summed E-state index contributed by atoms with van der Waals surface area (Å²) in [7, 11) is -2.65. The van der Waals surface area contributed by atoms with Gasteiger partial charge in [0, 0.05) is 32.2 Å². The maximum absolute atomic E-state index is 15.1. The zero-order valence-corrected chi connectivity index (χ0v) is 28.1. The fourth-order valence-corrected chi connectivity index (χ4v) is 6.80. The number of carbonyl (C=O) groups is 1. The third-order valence-corrected chi connectivity index (χ3v) is 10.2. The van der Waals surface area contributed by atoms with E-state index in [9.17, 15) is 23.3 Å². The highest BCUT2D eigenvalue weighted by atomic mass is 32.2. The Bertz CT molecular complexity index is 1910. The number of carbonyl (C=O) groups excluding carboxylic acids is 1. The molecule has 3 aromatic rings. The SMILES string of the molecule is CCN(C)S(=O)(=O)Nc1ccc(F)c(Oc2ccc3ncn([C@H]4COC5(CCN(C(=O)OC(C)(C)C)CC5)C4)c(=O)c3c2C)c1C#N. The molecule has 5 rings (SSSR count). The lowest BCUT2D eigenvalue weighted by atomic mass is 9.87. The number of halogens is 1. The van der Waals surface area contributed by atoms with E-state index in [0.29, 0.717) is 50.0 Å². The van der Waals surface area contributed by atoms with E-state index < -0.39 is 33.0 Å². The Balaban J connectivity index is 1.40. The van der Waals surface area contributed by atoms with Gasteiger partial charge in [0.15, 0.2) is 11.6 Å². The van der Waals surface area contributed by atoms with Gasteiger partial charge < -0.3 is 19.1 Å². The molecule has 0 unspecified atom stereocenters. The van der Waals surface area contributed by atoms with Crippen LogP contribution in [0.15, 0.2) is 35.4 Å². The van der Waals surface area contributed by atoms with Gasteiger partial charge in [-0.3, -0.25) is 14.1 Å². The van der Waals surface area contributed by atoms with E-state index >= 15 is 4.39 Å². The van der Waals surface area contributed by atoms with Gasteiger partial charge in [0.2, 0.25) is 0 Å². The third-order valence-electron chi connectivity index (χ3n) is 8.60. The number of rotatable bonds is 7. The molecular weight excluding hydrogens is 631 g/mol. The molecule has 1 spiro atoms. The summed E-state index contributed by atoms with van der Waals surface area (Å²) in [5.41, 5.74) is -1.14. The molecular formula is C32H39FN6O7S. The highest BCUT2D eigenvalue weighted by Gasteiger charge is 2.45. The number of ether oxygens (including phenoxy) is 3. The number of aryl methyl sites for hydroxylation is 1. The van der Waals surface area contributed by atoms with Gasteiger partial charge in [-0.05, 0) is 71.2 Å². The smallest absolute Gasteiger partial charge is 0.410 e. The molecule has 2 saturated heterocycles. The monoisotopic (exact) mass is 670 g/mol. The lowest BCUT2D eigenvalue weighted by Crippen LogP contribution is -2.48. The summed E-state index contributed by atoms with van der Waals surface area (Å²) in [5, 5.41) is 10.1. The second kappa shape index (κ2) is 12.7. The van der Waals surface area contributed by atoms with Crippen molar-refractivity contribution in [2.45, 2.75) is 71.1 Å². The minimum absolute atomic E-state index is 0.101. The number of nitriles is 1. The van der Waals surface area contributed by atoms with E-state index in [2.05, 4.69) is 9.71 Å². The Kier molecular flexibility index (Phi) is 9.24.